The topological polar surface area (TPSA) is 62.6 Å². The molecule has 0 N–H and O–H groups in total. The molecule has 2 heterocycles. The fourth-order valence-electron chi connectivity index (χ4n) is 3.58. The van der Waals surface area contributed by atoms with Crippen LogP contribution in [-0.2, 0) is 9.53 Å². The SMILES string of the molecule is COc1ccc(Cl)c(Cl)c1[C@@H]1CCN2C(=O)C(CC#N)OC[C@@H]2C1. The molecule has 0 bridgehead atoms. The lowest BCUT2D eigenvalue weighted by molar-refractivity contribution is -0.162. The summed E-state index contributed by atoms with van der Waals surface area (Å²) in [5, 5.41) is 9.81. The fourth-order valence-corrected chi connectivity index (χ4v) is 4.06. The van der Waals surface area contributed by atoms with Gasteiger partial charge in [-0.15, -0.1) is 0 Å². The van der Waals surface area contributed by atoms with Crippen molar-refractivity contribution in [3.63, 3.8) is 0 Å². The molecule has 2 saturated heterocycles. The van der Waals surface area contributed by atoms with Crippen molar-refractivity contribution in [2.24, 2.45) is 0 Å². The van der Waals surface area contributed by atoms with Gasteiger partial charge in [-0.25, -0.2) is 0 Å². The number of ether oxygens (including phenoxy) is 2. The highest BCUT2D eigenvalue weighted by Gasteiger charge is 2.41. The second kappa shape index (κ2) is 7.18. The number of methoxy groups -OCH3 is 1. The van der Waals surface area contributed by atoms with Crippen LogP contribution in [0.4, 0.5) is 0 Å². The van der Waals surface area contributed by atoms with Gasteiger partial charge in [0.05, 0.1) is 42.3 Å². The summed E-state index contributed by atoms with van der Waals surface area (Å²) in [4.78, 5) is 14.3. The molecular formula is C17H18Cl2N2O3. The van der Waals surface area contributed by atoms with Crippen molar-refractivity contribution in [1.82, 2.24) is 4.90 Å². The summed E-state index contributed by atoms with van der Waals surface area (Å²) >= 11 is 12.6. The Kier molecular flexibility index (Phi) is 5.19. The zero-order chi connectivity index (χ0) is 17.3. The van der Waals surface area contributed by atoms with E-state index in [0.29, 0.717) is 28.9 Å². The van der Waals surface area contributed by atoms with E-state index in [1.807, 2.05) is 17.0 Å². The number of carbonyl (C=O) groups is 1. The Labute approximate surface area is 151 Å². The first-order valence-electron chi connectivity index (χ1n) is 7.87. The second-order valence-corrected chi connectivity index (χ2v) is 6.85. The van der Waals surface area contributed by atoms with E-state index < -0.39 is 6.10 Å². The van der Waals surface area contributed by atoms with Crippen LogP contribution in [0.2, 0.25) is 10.0 Å². The molecular weight excluding hydrogens is 351 g/mol. The minimum atomic E-state index is -0.632. The zero-order valence-electron chi connectivity index (χ0n) is 13.3. The number of benzene rings is 1. The highest BCUT2D eigenvalue weighted by atomic mass is 35.5. The Morgan fingerprint density at radius 3 is 2.96 bits per heavy atom. The molecule has 2 aliphatic rings. The summed E-state index contributed by atoms with van der Waals surface area (Å²) < 4.78 is 11.0. The molecule has 2 aliphatic heterocycles. The number of hydrogen-bond donors (Lipinski definition) is 0. The molecule has 0 aromatic heterocycles. The first kappa shape index (κ1) is 17.3. The molecule has 1 aromatic carbocycles. The van der Waals surface area contributed by atoms with Crippen molar-refractivity contribution in [2.75, 3.05) is 20.3 Å². The van der Waals surface area contributed by atoms with Gasteiger partial charge in [-0.2, -0.15) is 5.26 Å². The van der Waals surface area contributed by atoms with Gasteiger partial charge in [0.25, 0.3) is 5.91 Å². The zero-order valence-corrected chi connectivity index (χ0v) is 14.8. The number of nitriles is 1. The van der Waals surface area contributed by atoms with Crippen LogP contribution in [-0.4, -0.2) is 43.2 Å². The van der Waals surface area contributed by atoms with Crippen LogP contribution in [0.25, 0.3) is 0 Å². The summed E-state index contributed by atoms with van der Waals surface area (Å²) in [5.74, 6) is 0.778. The second-order valence-electron chi connectivity index (χ2n) is 6.07. The lowest BCUT2D eigenvalue weighted by atomic mass is 9.84. The summed E-state index contributed by atoms with van der Waals surface area (Å²) in [6, 6.07) is 5.54. The molecule has 3 atom stereocenters. The Hall–Kier alpha value is -1.48. The van der Waals surface area contributed by atoms with Crippen LogP contribution >= 0.6 is 23.2 Å². The van der Waals surface area contributed by atoms with E-state index in [4.69, 9.17) is 37.9 Å². The lowest BCUT2D eigenvalue weighted by Crippen LogP contribution is -2.56. The van der Waals surface area contributed by atoms with Gasteiger partial charge in [-0.3, -0.25) is 4.79 Å². The molecule has 2 fully saturated rings. The number of piperidine rings is 1. The van der Waals surface area contributed by atoms with Crippen molar-refractivity contribution in [3.8, 4) is 11.8 Å². The standard InChI is InChI=1S/C17H18Cl2N2O3/c1-23-13-3-2-12(18)16(19)15(13)10-5-7-21-11(8-10)9-24-14(4-6-20)17(21)22/h2-3,10-11,14H,4-5,7-9H2,1H3/t10-,11+,14?/m1/s1. The number of morpholine rings is 1. The van der Waals surface area contributed by atoms with E-state index in [0.717, 1.165) is 18.4 Å². The third kappa shape index (κ3) is 3.06. The molecule has 24 heavy (non-hydrogen) atoms. The van der Waals surface area contributed by atoms with Gasteiger partial charge in [0.2, 0.25) is 0 Å². The summed E-state index contributed by atoms with van der Waals surface area (Å²) in [6.07, 6.45) is 0.978. The van der Waals surface area contributed by atoms with Gasteiger partial charge in [0, 0.05) is 12.1 Å². The number of hydrogen-bond acceptors (Lipinski definition) is 4. The van der Waals surface area contributed by atoms with Crippen LogP contribution in [0, 0.1) is 11.3 Å². The van der Waals surface area contributed by atoms with Gasteiger partial charge in [0.15, 0.2) is 0 Å². The maximum atomic E-state index is 12.4. The first-order chi connectivity index (χ1) is 11.6. The van der Waals surface area contributed by atoms with Gasteiger partial charge >= 0.3 is 0 Å². The maximum Gasteiger partial charge on any atom is 0.253 e. The summed E-state index contributed by atoms with van der Waals surface area (Å²) in [6.45, 7) is 1.06. The number of fused-ring (bicyclic) bond motifs is 1. The van der Waals surface area contributed by atoms with Gasteiger partial charge in [-0.1, -0.05) is 23.2 Å². The van der Waals surface area contributed by atoms with E-state index >= 15 is 0 Å². The van der Waals surface area contributed by atoms with Crippen molar-refractivity contribution in [2.45, 2.75) is 37.3 Å². The van der Waals surface area contributed by atoms with Crippen molar-refractivity contribution in [1.29, 1.82) is 5.26 Å². The van der Waals surface area contributed by atoms with Gasteiger partial charge < -0.3 is 14.4 Å². The largest absolute Gasteiger partial charge is 0.496 e. The average Bonchev–Trinajstić information content (AvgIpc) is 2.59. The van der Waals surface area contributed by atoms with Crippen molar-refractivity contribution >= 4 is 29.1 Å². The van der Waals surface area contributed by atoms with E-state index in [1.165, 1.54) is 0 Å². The van der Waals surface area contributed by atoms with Crippen LogP contribution in [0.3, 0.4) is 0 Å². The molecule has 3 rings (SSSR count). The third-order valence-electron chi connectivity index (χ3n) is 4.76. The summed E-state index contributed by atoms with van der Waals surface area (Å²) in [5.41, 5.74) is 0.901. The summed E-state index contributed by atoms with van der Waals surface area (Å²) in [7, 11) is 1.61. The minimum Gasteiger partial charge on any atom is -0.496 e. The first-order valence-corrected chi connectivity index (χ1v) is 8.63. The molecule has 0 saturated carbocycles. The van der Waals surface area contributed by atoms with Crippen LogP contribution in [0.15, 0.2) is 12.1 Å². The highest BCUT2D eigenvalue weighted by molar-refractivity contribution is 6.42. The molecule has 128 valence electrons. The monoisotopic (exact) mass is 368 g/mol. The number of nitrogens with zero attached hydrogens (tertiary/aromatic N) is 2. The molecule has 0 aliphatic carbocycles. The smallest absolute Gasteiger partial charge is 0.253 e. The maximum absolute atomic E-state index is 12.4. The van der Waals surface area contributed by atoms with Crippen LogP contribution in [0.1, 0.15) is 30.7 Å². The Balaban J connectivity index is 1.81. The van der Waals surface area contributed by atoms with E-state index in [9.17, 15) is 4.79 Å². The number of carbonyl (C=O) groups excluding carboxylic acids is 1. The molecule has 0 radical (unpaired) electrons. The Morgan fingerprint density at radius 1 is 1.46 bits per heavy atom. The van der Waals surface area contributed by atoms with E-state index in [1.54, 1.807) is 13.2 Å². The average molecular weight is 369 g/mol. The fraction of sp³-hybridized carbons (Fsp3) is 0.529. The quantitative estimate of drug-likeness (QED) is 0.820. The van der Waals surface area contributed by atoms with E-state index in [-0.39, 0.29) is 24.3 Å². The van der Waals surface area contributed by atoms with E-state index in [2.05, 4.69) is 0 Å². The molecule has 1 amide bonds. The third-order valence-corrected chi connectivity index (χ3v) is 5.58. The molecule has 0 spiro atoms. The predicted molar refractivity (Wildman–Crippen MR) is 90.5 cm³/mol. The normalized spacial score (nSPS) is 26.7. The minimum absolute atomic E-state index is 0.00838. The number of rotatable bonds is 3. The molecule has 1 unspecified atom stereocenters. The van der Waals surface area contributed by atoms with Gasteiger partial charge in [-0.05, 0) is 30.9 Å². The van der Waals surface area contributed by atoms with Gasteiger partial charge in [0.1, 0.15) is 11.9 Å². The van der Waals surface area contributed by atoms with Crippen molar-refractivity contribution in [3.05, 3.63) is 27.7 Å². The van der Waals surface area contributed by atoms with Crippen LogP contribution < -0.4 is 4.74 Å². The molecule has 5 nitrogen and oxygen atoms in total. The predicted octanol–water partition coefficient (Wildman–Crippen LogP) is 3.39. The molecule has 1 aromatic rings. The Bertz CT molecular complexity index is 689. The van der Waals surface area contributed by atoms with Crippen molar-refractivity contribution < 1.29 is 14.3 Å². The Morgan fingerprint density at radius 2 is 2.25 bits per heavy atom. The molecule has 7 heteroatoms. The number of amides is 1. The van der Waals surface area contributed by atoms with Crippen LogP contribution in [0.5, 0.6) is 5.75 Å². The lowest BCUT2D eigenvalue weighted by Gasteiger charge is -2.44. The highest BCUT2D eigenvalue weighted by Crippen LogP contribution is 2.44. The number of halogens is 2.